The summed E-state index contributed by atoms with van der Waals surface area (Å²) in [4.78, 5) is 0. The average molecular weight is 95.1 g/mol. The van der Waals surface area contributed by atoms with E-state index in [2.05, 4.69) is 19.2 Å². The van der Waals surface area contributed by atoms with Crippen LogP contribution in [-0.4, -0.2) is 13.1 Å². The third kappa shape index (κ3) is 10.8. The van der Waals surface area contributed by atoms with Gasteiger partial charge in [0.15, 0.2) is 0 Å². The topological polar surface area (TPSA) is 12.0 Å². The van der Waals surface area contributed by atoms with Gasteiger partial charge in [-0.3, -0.25) is 0 Å². The minimum atomic E-state index is 0. The first kappa shape index (κ1) is 10.5. The zero-order valence-electron chi connectivity index (χ0n) is 6.62. The molecule has 0 aromatic carbocycles. The van der Waals surface area contributed by atoms with Gasteiger partial charge in [0, 0.05) is 0 Å². The van der Waals surface area contributed by atoms with Crippen molar-refractivity contribution in [3.63, 3.8) is 0 Å². The van der Waals surface area contributed by atoms with Crippen LogP contribution in [0, 0.1) is 0 Å². The second-order valence-corrected chi connectivity index (χ2v) is 1.35. The molecule has 0 aromatic heterocycles. The number of rotatable bonds is 3. The molecule has 0 heterocycles. The van der Waals surface area contributed by atoms with Crippen LogP contribution in [0.15, 0.2) is 0 Å². The third-order valence-electron chi connectivity index (χ3n) is 0.677. The van der Waals surface area contributed by atoms with Crippen molar-refractivity contribution in [1.29, 1.82) is 0 Å². The van der Waals surface area contributed by atoms with E-state index < -0.39 is 0 Å². The Hall–Kier alpha value is 0.557. The molecular weight excluding hydrogens is 81.0 g/mol. The maximum atomic E-state index is 3.20. The van der Waals surface area contributed by atoms with E-state index in [-0.39, 0.29) is 20.3 Å². The first-order valence-electron chi connectivity index (χ1n) is 2.62. The molecule has 1 nitrogen and oxygen atoms in total. The van der Waals surface area contributed by atoms with Crippen LogP contribution < -0.4 is 24.2 Å². The van der Waals surface area contributed by atoms with Crippen molar-refractivity contribution < 1.29 is 20.3 Å². The molecule has 0 saturated carbocycles. The van der Waals surface area contributed by atoms with E-state index in [0.717, 1.165) is 13.1 Å². The van der Waals surface area contributed by atoms with Gasteiger partial charge in [0.1, 0.15) is 0 Å². The molecule has 1 N–H and O–H groups in total. The van der Waals surface area contributed by atoms with Gasteiger partial charge in [-0.25, -0.2) is 0 Å². The first-order chi connectivity index (χ1) is 2.91. The van der Waals surface area contributed by atoms with Gasteiger partial charge in [-0.05, 0) is 19.5 Å². The molecule has 0 saturated heterocycles. The number of hydrogen-bond donors (Lipinski definition) is 1. The second kappa shape index (κ2) is 9.75. The van der Waals surface area contributed by atoms with E-state index in [4.69, 9.17) is 0 Å². The zero-order chi connectivity index (χ0) is 4.83. The van der Waals surface area contributed by atoms with Crippen LogP contribution in [0.25, 0.3) is 0 Å². The fourth-order valence-electron chi connectivity index (χ4n) is 0.354. The van der Waals surface area contributed by atoms with Crippen molar-refractivity contribution in [2.24, 2.45) is 0 Å². The van der Waals surface area contributed by atoms with E-state index in [1.165, 1.54) is 6.42 Å². The van der Waals surface area contributed by atoms with E-state index in [9.17, 15) is 0 Å². The summed E-state index contributed by atoms with van der Waals surface area (Å²) >= 11 is 0. The molecule has 0 atom stereocenters. The Morgan fingerprint density at radius 2 is 2.00 bits per heavy atom. The Balaban J connectivity index is -0.000000125. The molecule has 0 aromatic rings. The molecule has 0 rings (SSSR count). The fraction of sp³-hybridized carbons (Fsp3) is 1.00. The number of hydrogen-bond acceptors (Lipinski definition) is 1. The summed E-state index contributed by atoms with van der Waals surface area (Å²) in [5.74, 6) is 0. The quantitative estimate of drug-likeness (QED) is 0.319. The van der Waals surface area contributed by atoms with E-state index in [1.807, 2.05) is 0 Å². The van der Waals surface area contributed by atoms with Gasteiger partial charge < -0.3 is 6.74 Å². The van der Waals surface area contributed by atoms with E-state index in [1.54, 1.807) is 0 Å². The third-order valence-corrected chi connectivity index (χ3v) is 0.677. The fourth-order valence-corrected chi connectivity index (χ4v) is 0.354. The Kier molecular flexibility index (Phi) is 14.7. The molecule has 0 bridgehead atoms. The number of nitrogens with one attached hydrogen (secondary N) is 1. The summed E-state index contributed by atoms with van der Waals surface area (Å²) in [5.41, 5.74) is 0. The van der Waals surface area contributed by atoms with E-state index >= 15 is 0 Å². The molecule has 0 aliphatic carbocycles. The van der Waals surface area contributed by atoms with Crippen LogP contribution in [0.1, 0.15) is 21.7 Å². The van der Waals surface area contributed by atoms with Crippen molar-refractivity contribution in [2.75, 3.05) is 13.1 Å². The van der Waals surface area contributed by atoms with Gasteiger partial charge in [0.2, 0.25) is 0 Å². The molecule has 0 aliphatic rings. The predicted octanol–water partition coefficient (Wildman–Crippen LogP) is -1.88. The van der Waals surface area contributed by atoms with Crippen molar-refractivity contribution in [2.45, 2.75) is 20.3 Å². The monoisotopic (exact) mass is 95.1 g/mol. The SMILES string of the molecule is CCCNCC.[H-].[Li+]. The Bertz CT molecular complexity index is 24.4. The summed E-state index contributed by atoms with van der Waals surface area (Å²) in [6, 6.07) is 0. The summed E-state index contributed by atoms with van der Waals surface area (Å²) in [5, 5.41) is 3.20. The molecule has 0 aliphatic heterocycles. The summed E-state index contributed by atoms with van der Waals surface area (Å²) in [7, 11) is 0. The Morgan fingerprint density at radius 1 is 1.43 bits per heavy atom. The van der Waals surface area contributed by atoms with Crippen LogP contribution in [-0.2, 0) is 0 Å². The maximum Gasteiger partial charge on any atom is 1.00 e. The van der Waals surface area contributed by atoms with Crippen LogP contribution in [0.4, 0.5) is 0 Å². The van der Waals surface area contributed by atoms with Crippen molar-refractivity contribution >= 4 is 0 Å². The molecule has 0 fully saturated rings. The molecule has 40 valence electrons. The molecule has 0 unspecified atom stereocenters. The van der Waals surface area contributed by atoms with Crippen molar-refractivity contribution in [1.82, 2.24) is 5.32 Å². The smallest absolute Gasteiger partial charge is 1.00 e. The summed E-state index contributed by atoms with van der Waals surface area (Å²) < 4.78 is 0. The van der Waals surface area contributed by atoms with Gasteiger partial charge in [0.25, 0.3) is 0 Å². The van der Waals surface area contributed by atoms with Crippen molar-refractivity contribution in [3.05, 3.63) is 0 Å². The minimum Gasteiger partial charge on any atom is -1.00 e. The largest absolute Gasteiger partial charge is 1.00 e. The first-order valence-corrected chi connectivity index (χ1v) is 2.62. The summed E-state index contributed by atoms with van der Waals surface area (Å²) in [6.07, 6.45) is 1.24. The summed E-state index contributed by atoms with van der Waals surface area (Å²) in [6.45, 7) is 6.56. The van der Waals surface area contributed by atoms with Gasteiger partial charge in [-0.1, -0.05) is 13.8 Å². The second-order valence-electron chi connectivity index (χ2n) is 1.35. The van der Waals surface area contributed by atoms with E-state index in [0.29, 0.717) is 0 Å². The normalized spacial score (nSPS) is 7.71. The molecule has 0 radical (unpaired) electrons. The minimum absolute atomic E-state index is 0. The molecule has 7 heavy (non-hydrogen) atoms. The average Bonchev–Trinajstić information content (AvgIpc) is 1.61. The van der Waals surface area contributed by atoms with Gasteiger partial charge >= 0.3 is 18.9 Å². The standard InChI is InChI=1S/C5H13N.Li.H/c1-3-5-6-4-2;;/h6H,3-5H2,1-2H3;;/q;+1;-1. The van der Waals surface area contributed by atoms with Crippen LogP contribution in [0.5, 0.6) is 0 Å². The Labute approximate surface area is 59.5 Å². The van der Waals surface area contributed by atoms with Crippen LogP contribution in [0.2, 0.25) is 0 Å². The van der Waals surface area contributed by atoms with Crippen LogP contribution >= 0.6 is 0 Å². The molecular formula is C5H14LiN. The molecule has 2 heteroatoms. The van der Waals surface area contributed by atoms with Gasteiger partial charge in [0.05, 0.1) is 0 Å². The molecule has 0 amide bonds. The predicted molar refractivity (Wildman–Crippen MR) is 29.9 cm³/mol. The maximum absolute atomic E-state index is 3.20. The molecule has 0 spiro atoms. The van der Waals surface area contributed by atoms with Gasteiger partial charge in [-0.15, -0.1) is 0 Å². The van der Waals surface area contributed by atoms with Crippen molar-refractivity contribution in [3.8, 4) is 0 Å². The zero-order valence-corrected chi connectivity index (χ0v) is 5.62. The Morgan fingerprint density at radius 3 is 2.14 bits per heavy atom. The van der Waals surface area contributed by atoms with Gasteiger partial charge in [-0.2, -0.15) is 0 Å². The van der Waals surface area contributed by atoms with Crippen LogP contribution in [0.3, 0.4) is 0 Å².